The standard InChI is InChI=1S/C45H27N5S/c1-3-14-28(15-4-1)43-46-44(29-16-5-2-6-17-29)48-45(47-43)50-37-23-11-8-19-31(37)34-27-26-33-30-18-7-10-22-36(30)49(40(33)41(34)50)38-24-13-21-35-32-20-9-12-25-39(32)51-42(35)38/h1-27H/i9D,12D,13D,20D,21D,24D,25D. The second-order valence-electron chi connectivity index (χ2n) is 12.3. The van der Waals surface area contributed by atoms with Crippen LogP contribution in [0.3, 0.4) is 0 Å². The molecule has 7 aromatic carbocycles. The Bertz CT molecular complexity index is 3490. The summed E-state index contributed by atoms with van der Waals surface area (Å²) in [6, 6.07) is 37.5. The normalized spacial score (nSPS) is 13.8. The van der Waals surface area contributed by atoms with E-state index in [1.165, 1.54) is 0 Å². The molecule has 0 saturated carbocycles. The number of thiophene rings is 1. The molecule has 0 aliphatic rings. The third-order valence-corrected chi connectivity index (χ3v) is 10.6. The van der Waals surface area contributed by atoms with Gasteiger partial charge in [-0.2, -0.15) is 9.97 Å². The fourth-order valence-electron chi connectivity index (χ4n) is 7.31. The van der Waals surface area contributed by atoms with Gasteiger partial charge in [-0.15, -0.1) is 11.3 Å². The highest BCUT2D eigenvalue weighted by Crippen LogP contribution is 2.44. The van der Waals surface area contributed by atoms with E-state index in [2.05, 4.69) is 18.2 Å². The van der Waals surface area contributed by atoms with Crippen molar-refractivity contribution in [1.82, 2.24) is 24.1 Å². The predicted octanol–water partition coefficient (Wildman–Crippen LogP) is 11.8. The summed E-state index contributed by atoms with van der Waals surface area (Å²) in [6.45, 7) is 0. The van der Waals surface area contributed by atoms with Crippen LogP contribution in [0.1, 0.15) is 9.60 Å². The summed E-state index contributed by atoms with van der Waals surface area (Å²) in [5, 5.41) is 4.01. The summed E-state index contributed by atoms with van der Waals surface area (Å²) in [7, 11) is 0. The highest BCUT2D eigenvalue weighted by Gasteiger charge is 2.24. The van der Waals surface area contributed by atoms with Crippen molar-refractivity contribution in [1.29, 1.82) is 0 Å². The van der Waals surface area contributed by atoms with E-state index in [0.717, 1.165) is 60.6 Å². The number of para-hydroxylation sites is 2. The van der Waals surface area contributed by atoms with Crippen LogP contribution in [-0.4, -0.2) is 24.1 Å². The van der Waals surface area contributed by atoms with Crippen LogP contribution in [0.5, 0.6) is 0 Å². The number of hydrogen-bond donors (Lipinski definition) is 0. The molecule has 0 atom stereocenters. The highest BCUT2D eigenvalue weighted by molar-refractivity contribution is 7.26. The van der Waals surface area contributed by atoms with E-state index in [4.69, 9.17) is 23.2 Å². The Morgan fingerprint density at radius 3 is 1.67 bits per heavy atom. The van der Waals surface area contributed by atoms with Crippen LogP contribution in [0, 0.1) is 0 Å². The highest BCUT2D eigenvalue weighted by atomic mass is 32.1. The van der Waals surface area contributed by atoms with Gasteiger partial charge in [0.1, 0.15) is 0 Å². The van der Waals surface area contributed by atoms with Gasteiger partial charge in [-0.25, -0.2) is 4.98 Å². The van der Waals surface area contributed by atoms with Gasteiger partial charge in [0.2, 0.25) is 5.95 Å². The molecule has 51 heavy (non-hydrogen) atoms. The molecule has 0 aliphatic carbocycles. The van der Waals surface area contributed by atoms with Gasteiger partial charge in [0.05, 0.1) is 42.0 Å². The van der Waals surface area contributed by atoms with Crippen LogP contribution in [0.2, 0.25) is 0 Å². The first-order valence-electron chi connectivity index (χ1n) is 20.0. The minimum Gasteiger partial charge on any atom is -0.306 e. The van der Waals surface area contributed by atoms with E-state index in [-0.39, 0.29) is 51.7 Å². The average molecular weight is 677 g/mol. The topological polar surface area (TPSA) is 48.5 Å². The van der Waals surface area contributed by atoms with Crippen LogP contribution in [0.25, 0.3) is 98.2 Å². The monoisotopic (exact) mass is 676 g/mol. The molecule has 0 aliphatic heterocycles. The zero-order chi connectivity index (χ0) is 39.6. The van der Waals surface area contributed by atoms with E-state index in [9.17, 15) is 1.37 Å². The van der Waals surface area contributed by atoms with Crippen molar-refractivity contribution in [2.75, 3.05) is 0 Å². The van der Waals surface area contributed by atoms with Gasteiger partial charge in [0, 0.05) is 48.1 Å². The SMILES string of the molecule is [2H]c1c([2H])c([2H])c2c(sc3c(-n4c5ccccc5c5ccc6c7ccccc7n(-c7nc(-c8ccccc8)nc(-c8ccccc8)n7)c6c54)c([2H])c([2H])c([2H])c32)c1[2H]. The first kappa shape index (κ1) is 22.2. The molecule has 0 N–H and O–H groups in total. The summed E-state index contributed by atoms with van der Waals surface area (Å²) in [6.07, 6.45) is 0. The van der Waals surface area contributed by atoms with E-state index >= 15 is 0 Å². The van der Waals surface area contributed by atoms with E-state index in [1.807, 2.05) is 112 Å². The molecule has 11 aromatic rings. The van der Waals surface area contributed by atoms with Gasteiger partial charge < -0.3 is 4.57 Å². The lowest BCUT2D eigenvalue weighted by Gasteiger charge is -2.13. The summed E-state index contributed by atoms with van der Waals surface area (Å²) < 4.78 is 67.2. The molecule has 6 heteroatoms. The molecule has 11 rings (SSSR count). The predicted molar refractivity (Wildman–Crippen MR) is 212 cm³/mol. The Labute approximate surface area is 306 Å². The fourth-order valence-corrected chi connectivity index (χ4v) is 8.37. The van der Waals surface area contributed by atoms with Crippen molar-refractivity contribution in [3.63, 3.8) is 0 Å². The number of nitrogens with zero attached hydrogens (tertiary/aromatic N) is 5. The maximum absolute atomic E-state index is 9.56. The number of aromatic nitrogens is 5. The van der Waals surface area contributed by atoms with Crippen molar-refractivity contribution in [3.05, 3.63) is 164 Å². The first-order chi connectivity index (χ1) is 28.2. The lowest BCUT2D eigenvalue weighted by Crippen LogP contribution is -2.07. The zero-order valence-corrected chi connectivity index (χ0v) is 27.5. The summed E-state index contributed by atoms with van der Waals surface area (Å²) in [5.74, 6) is 1.37. The fraction of sp³-hybridized carbons (Fsp3) is 0. The molecule has 238 valence electrons. The molecule has 0 amide bonds. The quantitative estimate of drug-likeness (QED) is 0.186. The van der Waals surface area contributed by atoms with Crippen LogP contribution in [-0.2, 0) is 0 Å². The Balaban J connectivity index is 1.36. The lowest BCUT2D eigenvalue weighted by molar-refractivity contribution is 0.953. The molecular formula is C45H27N5S. The Morgan fingerprint density at radius 2 is 1.00 bits per heavy atom. The number of fused-ring (bicyclic) bond motifs is 10. The molecule has 5 nitrogen and oxygen atoms in total. The Morgan fingerprint density at radius 1 is 0.451 bits per heavy atom. The van der Waals surface area contributed by atoms with Crippen LogP contribution >= 0.6 is 11.3 Å². The molecule has 0 spiro atoms. The van der Waals surface area contributed by atoms with Crippen molar-refractivity contribution >= 4 is 75.1 Å². The molecule has 0 saturated heterocycles. The van der Waals surface area contributed by atoms with E-state index in [0.29, 0.717) is 33.5 Å². The largest absolute Gasteiger partial charge is 0.306 e. The maximum atomic E-state index is 9.56. The molecule has 0 fully saturated rings. The molecular weight excluding hydrogens is 643 g/mol. The van der Waals surface area contributed by atoms with Crippen molar-refractivity contribution in [2.24, 2.45) is 0 Å². The second-order valence-corrected chi connectivity index (χ2v) is 13.3. The maximum Gasteiger partial charge on any atom is 0.238 e. The van der Waals surface area contributed by atoms with Crippen molar-refractivity contribution < 1.29 is 9.60 Å². The van der Waals surface area contributed by atoms with Gasteiger partial charge in [0.15, 0.2) is 11.6 Å². The van der Waals surface area contributed by atoms with Gasteiger partial charge in [-0.05, 0) is 24.2 Å². The van der Waals surface area contributed by atoms with Crippen molar-refractivity contribution in [3.8, 4) is 34.4 Å². The van der Waals surface area contributed by atoms with Crippen LogP contribution < -0.4 is 0 Å². The summed E-state index contributed by atoms with van der Waals surface area (Å²) >= 11 is 1.12. The summed E-state index contributed by atoms with van der Waals surface area (Å²) in [4.78, 5) is 15.3. The lowest BCUT2D eigenvalue weighted by atomic mass is 10.1. The zero-order valence-electron chi connectivity index (χ0n) is 33.7. The van der Waals surface area contributed by atoms with Gasteiger partial charge in [-0.1, -0.05) is 139 Å². The smallest absolute Gasteiger partial charge is 0.238 e. The summed E-state index contributed by atoms with van der Waals surface area (Å²) in [5.41, 5.74) is 5.01. The molecule has 4 aromatic heterocycles. The van der Waals surface area contributed by atoms with Crippen molar-refractivity contribution in [2.45, 2.75) is 0 Å². The van der Waals surface area contributed by atoms with E-state index < -0.39 is 6.04 Å². The average Bonchev–Trinajstić information content (AvgIpc) is 3.94. The molecule has 0 bridgehead atoms. The first-order valence-corrected chi connectivity index (χ1v) is 17.3. The number of benzene rings is 7. The number of rotatable bonds is 4. The van der Waals surface area contributed by atoms with Crippen LogP contribution in [0.4, 0.5) is 0 Å². The minimum absolute atomic E-state index is 0.179. The van der Waals surface area contributed by atoms with Gasteiger partial charge in [-0.3, -0.25) is 4.57 Å². The van der Waals surface area contributed by atoms with Crippen LogP contribution in [0.15, 0.2) is 164 Å². The molecule has 0 unspecified atom stereocenters. The number of hydrogen-bond acceptors (Lipinski definition) is 4. The van der Waals surface area contributed by atoms with Gasteiger partial charge >= 0.3 is 0 Å². The van der Waals surface area contributed by atoms with E-state index in [1.54, 1.807) is 0 Å². The third kappa shape index (κ3) is 4.17. The van der Waals surface area contributed by atoms with Gasteiger partial charge in [0.25, 0.3) is 0 Å². The Kier molecular flexibility index (Phi) is 4.75. The third-order valence-electron chi connectivity index (χ3n) is 9.50. The second kappa shape index (κ2) is 10.9. The molecule has 0 radical (unpaired) electrons. The molecule has 4 heterocycles. The Hall–Kier alpha value is -6.63. The minimum atomic E-state index is -0.412.